The lowest BCUT2D eigenvalue weighted by atomic mass is 9.75. The van der Waals surface area contributed by atoms with Crippen molar-refractivity contribution in [3.63, 3.8) is 0 Å². The monoisotopic (exact) mass is 452 g/mol. The molecule has 164 valence electrons. The molecule has 3 rings (SSSR count). The van der Waals surface area contributed by atoms with E-state index in [1.165, 1.54) is 6.92 Å². The number of rotatable bonds is 4. The quantitative estimate of drug-likeness (QED) is 0.278. The van der Waals surface area contributed by atoms with Crippen molar-refractivity contribution in [3.05, 3.63) is 12.2 Å². The summed E-state index contributed by atoms with van der Waals surface area (Å²) >= 11 is 0. The zero-order valence-corrected chi connectivity index (χ0v) is 15.4. The van der Waals surface area contributed by atoms with E-state index < -0.39 is 82.1 Å². The van der Waals surface area contributed by atoms with Gasteiger partial charge in [-0.2, -0.15) is 34.8 Å². The molecule has 0 radical (unpaired) electrons. The van der Waals surface area contributed by atoms with Gasteiger partial charge in [-0.3, -0.25) is 4.18 Å². The number of ether oxygens (including phenoxy) is 2. The number of halogens is 6. The molecular weight excluding hydrogens is 438 g/mol. The zero-order valence-electron chi connectivity index (χ0n) is 14.5. The third-order valence-electron chi connectivity index (χ3n) is 5.54. The van der Waals surface area contributed by atoms with Gasteiger partial charge in [-0.25, -0.2) is 9.59 Å². The van der Waals surface area contributed by atoms with E-state index >= 15 is 0 Å². The van der Waals surface area contributed by atoms with E-state index in [1.54, 1.807) is 0 Å². The first kappa shape index (κ1) is 21.9. The van der Waals surface area contributed by atoms with Crippen LogP contribution in [0.25, 0.3) is 0 Å². The normalized spacial score (nSPS) is 34.1. The van der Waals surface area contributed by atoms with Gasteiger partial charge in [0.1, 0.15) is 11.4 Å². The van der Waals surface area contributed by atoms with Crippen LogP contribution in [0.1, 0.15) is 13.3 Å². The topological polar surface area (TPSA) is 96.0 Å². The minimum Gasteiger partial charge on any atom is -0.458 e. The first-order valence-corrected chi connectivity index (χ1v) is 9.60. The van der Waals surface area contributed by atoms with Crippen LogP contribution in [0.5, 0.6) is 0 Å². The van der Waals surface area contributed by atoms with E-state index in [9.17, 15) is 44.3 Å². The molecule has 3 aliphatic rings. The molecule has 0 amide bonds. The van der Waals surface area contributed by atoms with Crippen LogP contribution in [-0.4, -0.2) is 56.8 Å². The second-order valence-electron chi connectivity index (χ2n) is 7.14. The molecule has 1 heterocycles. The highest BCUT2D eigenvalue weighted by atomic mass is 32.2. The van der Waals surface area contributed by atoms with Crippen LogP contribution in [0.2, 0.25) is 0 Å². The fourth-order valence-electron chi connectivity index (χ4n) is 4.64. The number of hydrogen-bond acceptors (Lipinski definition) is 7. The van der Waals surface area contributed by atoms with Crippen molar-refractivity contribution in [2.45, 2.75) is 43.2 Å². The summed E-state index contributed by atoms with van der Waals surface area (Å²) in [4.78, 5) is 23.1. The predicted octanol–water partition coefficient (Wildman–Crippen LogP) is 1.88. The van der Waals surface area contributed by atoms with Crippen molar-refractivity contribution >= 4 is 22.1 Å². The van der Waals surface area contributed by atoms with Crippen molar-refractivity contribution in [3.8, 4) is 0 Å². The molecule has 0 aromatic rings. The molecule has 0 spiro atoms. The smallest absolute Gasteiger partial charge is 0.404 e. The van der Waals surface area contributed by atoms with Crippen molar-refractivity contribution in [2.75, 3.05) is 6.61 Å². The van der Waals surface area contributed by atoms with Crippen LogP contribution < -0.4 is 0 Å². The number of alkyl halides is 6. The summed E-state index contributed by atoms with van der Waals surface area (Å²) in [7, 11) is -4.86. The molecule has 0 aromatic carbocycles. The molecule has 0 aromatic heterocycles. The van der Waals surface area contributed by atoms with Crippen LogP contribution in [0.15, 0.2) is 12.2 Å². The molecular formula is C15H14F6O7S. The second kappa shape index (κ2) is 6.33. The maximum absolute atomic E-state index is 13.7. The molecule has 1 aliphatic heterocycles. The fourth-order valence-corrected chi connectivity index (χ4v) is 6.64. The number of carbonyl (C=O) groups excluding carboxylic acids is 2. The molecule has 3 fully saturated rings. The number of esters is 2. The van der Waals surface area contributed by atoms with Crippen molar-refractivity contribution in [1.29, 1.82) is 0 Å². The third kappa shape index (κ3) is 2.94. The number of hydrogen-bond donors (Lipinski definition) is 0. The molecule has 5 unspecified atom stereocenters. The largest absolute Gasteiger partial charge is 0.458 e. The number of fused-ring (bicyclic) bond motifs is 1. The van der Waals surface area contributed by atoms with Gasteiger partial charge in [-0.15, -0.1) is 0 Å². The Bertz CT molecular complexity index is 847. The van der Waals surface area contributed by atoms with Gasteiger partial charge in [-0.1, -0.05) is 6.58 Å². The van der Waals surface area contributed by atoms with Gasteiger partial charge < -0.3 is 9.47 Å². The molecule has 0 N–H and O–H groups in total. The minimum atomic E-state index is -5.87. The Kier molecular flexibility index (Phi) is 4.77. The highest BCUT2D eigenvalue weighted by molar-refractivity contribution is 7.87. The SMILES string of the molecule is C=C(C)C(=O)OCC(=O)OC1C2CC3OS(=O)(=O)C1C3C2(C(F)(F)F)C(F)(F)F. The van der Waals surface area contributed by atoms with Gasteiger partial charge in [0.25, 0.3) is 10.1 Å². The first-order valence-electron chi connectivity index (χ1n) is 8.13. The Morgan fingerprint density at radius 2 is 1.72 bits per heavy atom. The van der Waals surface area contributed by atoms with Crippen LogP contribution in [-0.2, 0) is 33.4 Å². The van der Waals surface area contributed by atoms with Gasteiger partial charge in [-0.05, 0) is 13.3 Å². The molecule has 2 aliphatic carbocycles. The Morgan fingerprint density at radius 1 is 1.17 bits per heavy atom. The summed E-state index contributed by atoms with van der Waals surface area (Å²) in [6.45, 7) is 3.31. The fraction of sp³-hybridized carbons (Fsp3) is 0.733. The van der Waals surface area contributed by atoms with Gasteiger partial charge in [0, 0.05) is 17.4 Å². The van der Waals surface area contributed by atoms with E-state index in [-0.39, 0.29) is 5.57 Å². The Morgan fingerprint density at radius 3 is 2.21 bits per heavy atom. The molecule has 1 saturated heterocycles. The predicted molar refractivity (Wildman–Crippen MR) is 79.4 cm³/mol. The maximum atomic E-state index is 13.7. The van der Waals surface area contributed by atoms with E-state index in [0.29, 0.717) is 0 Å². The van der Waals surface area contributed by atoms with Crippen LogP contribution in [0.4, 0.5) is 26.3 Å². The lowest BCUT2D eigenvalue weighted by Crippen LogP contribution is -2.55. The highest BCUT2D eigenvalue weighted by Crippen LogP contribution is 2.74. The molecule has 29 heavy (non-hydrogen) atoms. The average Bonchev–Trinajstić information content (AvgIpc) is 3.06. The van der Waals surface area contributed by atoms with E-state index in [4.69, 9.17) is 0 Å². The molecule has 5 atom stereocenters. The van der Waals surface area contributed by atoms with E-state index in [0.717, 1.165) is 0 Å². The first-order chi connectivity index (χ1) is 13.1. The summed E-state index contributed by atoms with van der Waals surface area (Å²) in [6.07, 6.45) is -16.7. The molecule has 7 nitrogen and oxygen atoms in total. The third-order valence-corrected chi connectivity index (χ3v) is 7.28. The zero-order chi connectivity index (χ0) is 22.2. The summed E-state index contributed by atoms with van der Waals surface area (Å²) in [5.41, 5.74) is -4.53. The highest BCUT2D eigenvalue weighted by Gasteiger charge is 2.91. The van der Waals surface area contributed by atoms with Gasteiger partial charge in [0.15, 0.2) is 12.0 Å². The number of carbonyl (C=O) groups is 2. The standard InChI is InChI=1S/C15H14F6O7S/c1-5(2)12(23)26-4-8(22)27-10-6-3-7-9(11(10)29(24,25)28-7)13(6,14(16,17)18)15(19,20)21/h6-7,9-11H,1,3-4H2,2H3. The summed E-state index contributed by atoms with van der Waals surface area (Å²) in [5.74, 6) is -7.46. The Balaban J connectivity index is 1.97. The van der Waals surface area contributed by atoms with Crippen LogP contribution in [0.3, 0.4) is 0 Å². The van der Waals surface area contributed by atoms with E-state index in [2.05, 4.69) is 20.2 Å². The molecule has 14 heteroatoms. The minimum absolute atomic E-state index is 0.125. The molecule has 2 bridgehead atoms. The maximum Gasteiger partial charge on any atom is 0.404 e. The Hall–Kier alpha value is -1.83. The van der Waals surface area contributed by atoms with Gasteiger partial charge >= 0.3 is 24.3 Å². The lowest BCUT2D eigenvalue weighted by molar-refractivity contribution is -0.360. The van der Waals surface area contributed by atoms with Crippen molar-refractivity contribution in [2.24, 2.45) is 17.3 Å². The van der Waals surface area contributed by atoms with Crippen LogP contribution >= 0.6 is 0 Å². The van der Waals surface area contributed by atoms with Gasteiger partial charge in [0.2, 0.25) is 0 Å². The molecule has 2 saturated carbocycles. The van der Waals surface area contributed by atoms with Crippen LogP contribution in [0, 0.1) is 17.3 Å². The summed E-state index contributed by atoms with van der Waals surface area (Å²) in [5, 5.41) is -2.34. The summed E-state index contributed by atoms with van der Waals surface area (Å²) < 4.78 is 120. The summed E-state index contributed by atoms with van der Waals surface area (Å²) in [6, 6.07) is 0. The lowest BCUT2D eigenvalue weighted by Gasteiger charge is -2.37. The van der Waals surface area contributed by atoms with Gasteiger partial charge in [0.05, 0.1) is 6.10 Å². The Labute approximate surface area is 160 Å². The second-order valence-corrected chi connectivity index (χ2v) is 8.86. The van der Waals surface area contributed by atoms with Crippen molar-refractivity contribution in [1.82, 2.24) is 0 Å². The average molecular weight is 452 g/mol. The van der Waals surface area contributed by atoms with Crippen molar-refractivity contribution < 1.29 is 58.0 Å². The van der Waals surface area contributed by atoms with E-state index in [1.807, 2.05) is 0 Å².